The predicted octanol–water partition coefficient (Wildman–Crippen LogP) is -1.01. The van der Waals surface area contributed by atoms with Gasteiger partial charge in [0.1, 0.15) is 29.8 Å². The van der Waals surface area contributed by atoms with Crippen LogP contribution < -0.4 is 0 Å². The number of hydrogen-bond donors (Lipinski definition) is 3. The molecule has 2 saturated heterocycles. The van der Waals surface area contributed by atoms with Gasteiger partial charge < -0.3 is 25.0 Å². The lowest BCUT2D eigenvalue weighted by Gasteiger charge is -2.37. The predicted molar refractivity (Wildman–Crippen MR) is 67.4 cm³/mol. The van der Waals surface area contributed by atoms with Crippen molar-refractivity contribution in [3.8, 4) is 0 Å². The van der Waals surface area contributed by atoms with E-state index in [1.54, 1.807) is 0 Å². The van der Waals surface area contributed by atoms with Crippen LogP contribution in [0.5, 0.6) is 0 Å². The number of thioether (sulfide) groups is 1. The summed E-state index contributed by atoms with van der Waals surface area (Å²) in [7, 11) is 0. The van der Waals surface area contributed by atoms with Gasteiger partial charge in [-0.05, 0) is 12.8 Å². The van der Waals surface area contributed by atoms with E-state index in [0.717, 1.165) is 18.3 Å². The standard InChI is InChI=1S/C11H18N2O4S/c14-5-6-8(15)9(16)7-10(17-6)18-11(12-7)13-3-1-2-4-13/h6-10,14-16H,1-5H2/t6-,7-,8-,9+,10-/m1/s1. The Labute approximate surface area is 110 Å². The number of nitrogens with zero attached hydrogens (tertiary/aromatic N) is 2. The fraction of sp³-hybridized carbons (Fsp3) is 0.909. The molecule has 6 nitrogen and oxygen atoms in total. The molecule has 3 heterocycles. The number of fused-ring (bicyclic) bond motifs is 1. The maximum atomic E-state index is 10.0. The fourth-order valence-electron chi connectivity index (χ4n) is 2.63. The molecule has 102 valence electrons. The van der Waals surface area contributed by atoms with Crippen molar-refractivity contribution in [2.75, 3.05) is 19.7 Å². The molecule has 0 spiro atoms. The SMILES string of the molecule is OC[C@H]1O[C@@H]2SC(N3CCCC3)=N[C@@H]2[C@H](O)[C@@H]1O. The minimum atomic E-state index is -1.07. The molecule has 0 aliphatic carbocycles. The summed E-state index contributed by atoms with van der Waals surface area (Å²) in [5, 5.41) is 29.9. The lowest BCUT2D eigenvalue weighted by molar-refractivity contribution is -0.164. The third kappa shape index (κ3) is 2.04. The van der Waals surface area contributed by atoms with Gasteiger partial charge in [0.05, 0.1) is 6.61 Å². The number of ether oxygens (including phenoxy) is 1. The second-order valence-electron chi connectivity index (χ2n) is 4.92. The summed E-state index contributed by atoms with van der Waals surface area (Å²) in [6, 6.07) is -0.427. The Morgan fingerprint density at radius 3 is 2.67 bits per heavy atom. The highest BCUT2D eigenvalue weighted by atomic mass is 32.2. The van der Waals surface area contributed by atoms with Crippen molar-refractivity contribution in [1.82, 2.24) is 4.90 Å². The van der Waals surface area contributed by atoms with Gasteiger partial charge in [-0.3, -0.25) is 4.99 Å². The van der Waals surface area contributed by atoms with Crippen LogP contribution in [0.15, 0.2) is 4.99 Å². The topological polar surface area (TPSA) is 85.5 Å². The van der Waals surface area contributed by atoms with Gasteiger partial charge in [0, 0.05) is 13.1 Å². The van der Waals surface area contributed by atoms with Gasteiger partial charge >= 0.3 is 0 Å². The Balaban J connectivity index is 1.74. The highest BCUT2D eigenvalue weighted by molar-refractivity contribution is 8.14. The molecule has 0 aromatic heterocycles. The molecular formula is C11H18N2O4S. The van der Waals surface area contributed by atoms with Crippen LogP contribution in [0.3, 0.4) is 0 Å². The number of aliphatic imine (C=N–C) groups is 1. The van der Waals surface area contributed by atoms with Crippen LogP contribution in [0.4, 0.5) is 0 Å². The highest BCUT2D eigenvalue weighted by Crippen LogP contribution is 2.37. The smallest absolute Gasteiger partial charge is 0.162 e. The first-order chi connectivity index (χ1) is 8.70. The minimum absolute atomic E-state index is 0.291. The Morgan fingerprint density at radius 1 is 1.28 bits per heavy atom. The van der Waals surface area contributed by atoms with Crippen LogP contribution >= 0.6 is 11.8 Å². The molecule has 0 aromatic carbocycles. The van der Waals surface area contributed by atoms with E-state index in [0.29, 0.717) is 0 Å². The van der Waals surface area contributed by atoms with Crippen molar-refractivity contribution in [3.05, 3.63) is 0 Å². The molecule has 3 aliphatic heterocycles. The number of hydrogen-bond acceptors (Lipinski definition) is 7. The Morgan fingerprint density at radius 2 is 2.00 bits per heavy atom. The molecule has 0 saturated carbocycles. The molecule has 18 heavy (non-hydrogen) atoms. The quantitative estimate of drug-likeness (QED) is 0.568. The number of likely N-dealkylation sites (tertiary alicyclic amines) is 1. The molecule has 5 atom stereocenters. The average Bonchev–Trinajstić information content (AvgIpc) is 3.01. The Kier molecular flexibility index (Phi) is 3.50. The van der Waals surface area contributed by atoms with E-state index in [-0.39, 0.29) is 12.0 Å². The highest BCUT2D eigenvalue weighted by Gasteiger charge is 2.48. The summed E-state index contributed by atoms with van der Waals surface area (Å²) in [6.45, 7) is 1.70. The zero-order chi connectivity index (χ0) is 12.7. The molecule has 0 radical (unpaired) electrons. The maximum Gasteiger partial charge on any atom is 0.162 e. The number of aliphatic hydroxyl groups is 3. The zero-order valence-corrected chi connectivity index (χ0v) is 10.8. The van der Waals surface area contributed by atoms with Crippen molar-refractivity contribution >= 4 is 16.9 Å². The first kappa shape index (κ1) is 12.7. The minimum Gasteiger partial charge on any atom is -0.394 e. The second-order valence-corrected chi connectivity index (χ2v) is 5.99. The molecule has 7 heteroatoms. The Bertz CT molecular complexity index is 348. The van der Waals surface area contributed by atoms with Crippen molar-refractivity contribution < 1.29 is 20.1 Å². The van der Waals surface area contributed by atoms with E-state index in [4.69, 9.17) is 9.84 Å². The van der Waals surface area contributed by atoms with Gasteiger partial charge in [-0.15, -0.1) is 0 Å². The van der Waals surface area contributed by atoms with Crippen LogP contribution in [0.25, 0.3) is 0 Å². The van der Waals surface area contributed by atoms with Gasteiger partial charge in [-0.2, -0.15) is 0 Å². The average molecular weight is 274 g/mol. The largest absolute Gasteiger partial charge is 0.394 e. The van der Waals surface area contributed by atoms with Crippen molar-refractivity contribution in [1.29, 1.82) is 0 Å². The van der Waals surface area contributed by atoms with Crippen LogP contribution in [0.1, 0.15) is 12.8 Å². The van der Waals surface area contributed by atoms with Crippen LogP contribution in [0.2, 0.25) is 0 Å². The summed E-state index contributed by atoms with van der Waals surface area (Å²) in [5.41, 5.74) is -0.295. The number of aliphatic hydroxyl groups excluding tert-OH is 3. The lowest BCUT2D eigenvalue weighted by Crippen LogP contribution is -2.55. The summed E-state index contributed by atoms with van der Waals surface area (Å²) in [5.74, 6) is 0. The zero-order valence-electron chi connectivity index (χ0n) is 9.97. The third-order valence-corrected chi connectivity index (χ3v) is 4.90. The molecule has 2 fully saturated rings. The van der Waals surface area contributed by atoms with Gasteiger partial charge in [0.25, 0.3) is 0 Å². The van der Waals surface area contributed by atoms with E-state index >= 15 is 0 Å². The molecule has 0 aromatic rings. The summed E-state index contributed by atoms with van der Waals surface area (Å²) in [6.07, 6.45) is -0.422. The van der Waals surface area contributed by atoms with E-state index < -0.39 is 24.4 Å². The maximum absolute atomic E-state index is 10.0. The molecule has 0 amide bonds. The monoisotopic (exact) mass is 274 g/mol. The van der Waals surface area contributed by atoms with Gasteiger partial charge in [0.15, 0.2) is 5.17 Å². The fourth-order valence-corrected chi connectivity index (χ4v) is 3.91. The van der Waals surface area contributed by atoms with Crippen molar-refractivity contribution in [2.45, 2.75) is 42.6 Å². The Hall–Kier alpha value is -0.340. The molecule has 3 aliphatic rings. The molecule has 0 bridgehead atoms. The molecule has 3 N–H and O–H groups in total. The first-order valence-electron chi connectivity index (χ1n) is 6.32. The lowest BCUT2D eigenvalue weighted by atomic mass is 9.99. The summed E-state index contributed by atoms with van der Waals surface area (Å²) in [4.78, 5) is 6.67. The summed E-state index contributed by atoms with van der Waals surface area (Å²) >= 11 is 1.49. The van der Waals surface area contributed by atoms with Crippen LogP contribution in [-0.4, -0.2) is 74.9 Å². The van der Waals surface area contributed by atoms with Gasteiger partial charge in [-0.25, -0.2) is 0 Å². The molecule has 3 rings (SSSR count). The normalized spacial score (nSPS) is 44.1. The number of rotatable bonds is 1. The van der Waals surface area contributed by atoms with Crippen molar-refractivity contribution in [2.24, 2.45) is 4.99 Å². The molecular weight excluding hydrogens is 256 g/mol. The van der Waals surface area contributed by atoms with Crippen LogP contribution in [-0.2, 0) is 4.74 Å². The van der Waals surface area contributed by atoms with Crippen molar-refractivity contribution in [3.63, 3.8) is 0 Å². The second kappa shape index (κ2) is 4.97. The number of amidine groups is 1. The van der Waals surface area contributed by atoms with E-state index in [1.165, 1.54) is 24.6 Å². The van der Waals surface area contributed by atoms with E-state index in [1.807, 2.05) is 0 Å². The van der Waals surface area contributed by atoms with Gasteiger partial charge in [-0.1, -0.05) is 11.8 Å². The summed E-state index contributed by atoms with van der Waals surface area (Å²) < 4.78 is 5.59. The van der Waals surface area contributed by atoms with Gasteiger partial charge in [0.2, 0.25) is 0 Å². The van der Waals surface area contributed by atoms with E-state index in [9.17, 15) is 10.2 Å². The van der Waals surface area contributed by atoms with Crippen LogP contribution in [0, 0.1) is 0 Å². The first-order valence-corrected chi connectivity index (χ1v) is 7.20. The third-order valence-electron chi connectivity index (χ3n) is 3.71. The molecule has 0 unspecified atom stereocenters. The van der Waals surface area contributed by atoms with E-state index in [2.05, 4.69) is 9.89 Å².